The van der Waals surface area contributed by atoms with Gasteiger partial charge in [-0.15, -0.1) is 0 Å². The van der Waals surface area contributed by atoms with Gasteiger partial charge < -0.3 is 20.8 Å². The molecule has 2 heterocycles. The zero-order chi connectivity index (χ0) is 13.7. The van der Waals surface area contributed by atoms with Crippen LogP contribution in [0.3, 0.4) is 0 Å². The fraction of sp³-hybridized carbons (Fsp3) is 0.545. The molecule has 1 aliphatic heterocycles. The number of H-pyrrole nitrogens is 1. The van der Waals surface area contributed by atoms with Gasteiger partial charge in [0.1, 0.15) is 6.61 Å². The highest BCUT2D eigenvalue weighted by Gasteiger charge is 2.25. The molecule has 2 amide bonds. The van der Waals surface area contributed by atoms with Crippen LogP contribution in [0.15, 0.2) is 6.33 Å². The second-order valence-electron chi connectivity index (χ2n) is 4.28. The van der Waals surface area contributed by atoms with E-state index in [9.17, 15) is 9.59 Å². The molecule has 0 spiro atoms. The van der Waals surface area contributed by atoms with Gasteiger partial charge in [0.05, 0.1) is 30.4 Å². The third kappa shape index (κ3) is 3.76. The number of carbonyl (C=O) groups is 2. The molecule has 0 saturated heterocycles. The summed E-state index contributed by atoms with van der Waals surface area (Å²) in [6.45, 7) is 1.08. The average Bonchev–Trinajstić information content (AvgIpc) is 2.84. The molecule has 1 atom stereocenters. The van der Waals surface area contributed by atoms with Gasteiger partial charge in [0.2, 0.25) is 11.8 Å². The van der Waals surface area contributed by atoms with Crippen LogP contribution in [0.2, 0.25) is 0 Å². The first-order valence-corrected chi connectivity index (χ1v) is 6.05. The van der Waals surface area contributed by atoms with Gasteiger partial charge in [0.25, 0.3) is 0 Å². The van der Waals surface area contributed by atoms with E-state index in [2.05, 4.69) is 20.6 Å². The van der Waals surface area contributed by atoms with Gasteiger partial charge in [-0.05, 0) is 0 Å². The number of nitrogens with one attached hydrogen (secondary N) is 3. The maximum Gasteiger partial charge on any atom is 0.243 e. The highest BCUT2D eigenvalue weighted by Crippen LogP contribution is 2.11. The van der Waals surface area contributed by atoms with Crippen LogP contribution >= 0.6 is 0 Å². The van der Waals surface area contributed by atoms with Crippen LogP contribution in [0.25, 0.3) is 0 Å². The van der Waals surface area contributed by atoms with Crippen LogP contribution in [0, 0.1) is 0 Å². The van der Waals surface area contributed by atoms with E-state index in [-0.39, 0.29) is 25.2 Å². The minimum absolute atomic E-state index is 0.101. The number of carbonyl (C=O) groups excluding carboxylic acids is 2. The van der Waals surface area contributed by atoms with Crippen molar-refractivity contribution < 1.29 is 14.3 Å². The Morgan fingerprint density at radius 2 is 2.42 bits per heavy atom. The summed E-state index contributed by atoms with van der Waals surface area (Å²) in [6.07, 6.45) is 2.19. The normalized spacial score (nSPS) is 17.8. The third-order valence-corrected chi connectivity index (χ3v) is 2.84. The molecule has 1 aromatic rings. The van der Waals surface area contributed by atoms with Crippen molar-refractivity contribution in [2.45, 2.75) is 19.0 Å². The monoisotopic (exact) mass is 267 g/mol. The molecule has 5 N–H and O–H groups in total. The van der Waals surface area contributed by atoms with Gasteiger partial charge in [-0.3, -0.25) is 14.9 Å². The van der Waals surface area contributed by atoms with Gasteiger partial charge in [-0.25, -0.2) is 4.98 Å². The molecule has 1 aromatic heterocycles. The van der Waals surface area contributed by atoms with Crippen LogP contribution in [0.4, 0.5) is 0 Å². The molecular weight excluding hydrogens is 250 g/mol. The molecule has 0 aliphatic carbocycles. The Labute approximate surface area is 110 Å². The highest BCUT2D eigenvalue weighted by atomic mass is 16.5. The lowest BCUT2D eigenvalue weighted by atomic mass is 10.1. The second kappa shape index (κ2) is 6.30. The summed E-state index contributed by atoms with van der Waals surface area (Å²) in [5.74, 6) is -0.623. The number of ether oxygens (including phenoxy) is 1. The van der Waals surface area contributed by atoms with Crippen molar-refractivity contribution in [1.29, 1.82) is 0 Å². The Balaban J connectivity index is 1.68. The van der Waals surface area contributed by atoms with Crippen molar-refractivity contribution in [2.24, 2.45) is 5.73 Å². The molecule has 19 heavy (non-hydrogen) atoms. The Morgan fingerprint density at radius 3 is 3.21 bits per heavy atom. The highest BCUT2D eigenvalue weighted by molar-refractivity contribution is 5.82. The lowest BCUT2D eigenvalue weighted by Crippen LogP contribution is -2.48. The second-order valence-corrected chi connectivity index (χ2v) is 4.28. The van der Waals surface area contributed by atoms with Gasteiger partial charge in [-0.1, -0.05) is 0 Å². The van der Waals surface area contributed by atoms with Crippen molar-refractivity contribution in [2.75, 3.05) is 19.8 Å². The standard InChI is InChI=1S/C11H17N5O3/c12-10(17)5-19-2-1-13-11(18)8-3-7-9(4-14-8)16-6-15-7/h6,8,14H,1-5H2,(H2,12,17)(H,13,18)(H,15,16). The van der Waals surface area contributed by atoms with Crippen LogP contribution in [0.5, 0.6) is 0 Å². The summed E-state index contributed by atoms with van der Waals surface area (Å²) in [6, 6.07) is -0.285. The third-order valence-electron chi connectivity index (χ3n) is 2.84. The fourth-order valence-corrected chi connectivity index (χ4v) is 1.90. The number of hydrogen-bond donors (Lipinski definition) is 4. The maximum absolute atomic E-state index is 11.9. The number of primary amides is 1. The van der Waals surface area contributed by atoms with Crippen molar-refractivity contribution in [3.8, 4) is 0 Å². The first-order chi connectivity index (χ1) is 9.16. The number of imidazole rings is 1. The number of rotatable bonds is 6. The molecule has 8 heteroatoms. The lowest BCUT2D eigenvalue weighted by Gasteiger charge is -2.22. The van der Waals surface area contributed by atoms with Crippen molar-refractivity contribution in [3.63, 3.8) is 0 Å². The van der Waals surface area contributed by atoms with Gasteiger partial charge in [0, 0.05) is 19.5 Å². The van der Waals surface area contributed by atoms with E-state index >= 15 is 0 Å². The Morgan fingerprint density at radius 1 is 1.58 bits per heavy atom. The summed E-state index contributed by atoms with van der Waals surface area (Å²) >= 11 is 0. The van der Waals surface area contributed by atoms with E-state index in [1.807, 2.05) is 0 Å². The van der Waals surface area contributed by atoms with Crippen LogP contribution < -0.4 is 16.4 Å². The quantitative estimate of drug-likeness (QED) is 0.446. The smallest absolute Gasteiger partial charge is 0.243 e. The molecule has 0 fully saturated rings. The summed E-state index contributed by atoms with van der Waals surface area (Å²) in [5.41, 5.74) is 6.86. The minimum Gasteiger partial charge on any atom is -0.370 e. The molecular formula is C11H17N5O3. The first kappa shape index (κ1) is 13.5. The number of nitrogens with two attached hydrogens (primary N) is 1. The van der Waals surface area contributed by atoms with E-state index in [1.165, 1.54) is 0 Å². The van der Waals surface area contributed by atoms with E-state index in [1.54, 1.807) is 6.33 Å². The topological polar surface area (TPSA) is 122 Å². The van der Waals surface area contributed by atoms with Crippen molar-refractivity contribution in [3.05, 3.63) is 17.7 Å². The van der Waals surface area contributed by atoms with Crippen molar-refractivity contribution in [1.82, 2.24) is 20.6 Å². The van der Waals surface area contributed by atoms with E-state index in [0.29, 0.717) is 19.5 Å². The minimum atomic E-state index is -0.522. The first-order valence-electron chi connectivity index (χ1n) is 6.05. The summed E-state index contributed by atoms with van der Waals surface area (Å²) < 4.78 is 4.95. The lowest BCUT2D eigenvalue weighted by molar-refractivity contribution is -0.123. The molecule has 0 saturated carbocycles. The fourth-order valence-electron chi connectivity index (χ4n) is 1.90. The largest absolute Gasteiger partial charge is 0.370 e. The molecule has 104 valence electrons. The van der Waals surface area contributed by atoms with E-state index in [0.717, 1.165) is 11.4 Å². The summed E-state index contributed by atoms with van der Waals surface area (Å²) in [7, 11) is 0. The SMILES string of the molecule is NC(=O)COCCNC(=O)C1Cc2nc[nH]c2CN1. The molecule has 0 bridgehead atoms. The number of amides is 2. The Kier molecular flexibility index (Phi) is 4.48. The number of fused-ring (bicyclic) bond motifs is 1. The predicted octanol–water partition coefficient (Wildman–Crippen LogP) is -1.96. The number of hydrogen-bond acceptors (Lipinski definition) is 5. The molecule has 2 rings (SSSR count). The van der Waals surface area contributed by atoms with Crippen LogP contribution in [0.1, 0.15) is 11.4 Å². The summed E-state index contributed by atoms with van der Waals surface area (Å²) in [4.78, 5) is 29.5. The van der Waals surface area contributed by atoms with Crippen molar-refractivity contribution >= 4 is 11.8 Å². The van der Waals surface area contributed by atoms with Gasteiger partial charge in [-0.2, -0.15) is 0 Å². The molecule has 0 radical (unpaired) electrons. The summed E-state index contributed by atoms with van der Waals surface area (Å²) in [5, 5.41) is 5.85. The molecule has 1 unspecified atom stereocenters. The maximum atomic E-state index is 11.9. The predicted molar refractivity (Wildman–Crippen MR) is 65.9 cm³/mol. The van der Waals surface area contributed by atoms with Crippen LogP contribution in [-0.4, -0.2) is 47.6 Å². The average molecular weight is 267 g/mol. The number of nitrogens with zero attached hydrogens (tertiary/aromatic N) is 1. The molecule has 0 aromatic carbocycles. The van der Waals surface area contributed by atoms with Crippen LogP contribution in [-0.2, 0) is 27.3 Å². The zero-order valence-corrected chi connectivity index (χ0v) is 10.4. The Hall–Kier alpha value is -1.93. The number of aromatic nitrogens is 2. The molecule has 1 aliphatic rings. The van der Waals surface area contributed by atoms with Gasteiger partial charge >= 0.3 is 0 Å². The zero-order valence-electron chi connectivity index (χ0n) is 10.4. The van der Waals surface area contributed by atoms with Gasteiger partial charge in [0.15, 0.2) is 0 Å². The van der Waals surface area contributed by atoms with E-state index < -0.39 is 5.91 Å². The molecule has 8 nitrogen and oxygen atoms in total. The Bertz CT molecular complexity index is 459. The number of aromatic amines is 1. The van der Waals surface area contributed by atoms with E-state index in [4.69, 9.17) is 10.5 Å².